The maximum Gasteiger partial charge on any atom is 0.260 e. The van der Waals surface area contributed by atoms with Gasteiger partial charge in [0, 0.05) is 6.54 Å². The summed E-state index contributed by atoms with van der Waals surface area (Å²) < 4.78 is 31.6. The molecule has 0 bridgehead atoms. The van der Waals surface area contributed by atoms with Crippen LogP contribution in [0, 0.1) is 11.6 Å². The highest BCUT2D eigenvalue weighted by Crippen LogP contribution is 2.13. The topological polar surface area (TPSA) is 38.3 Å². The van der Waals surface area contributed by atoms with Gasteiger partial charge < -0.3 is 10.1 Å². The lowest BCUT2D eigenvalue weighted by Crippen LogP contribution is -2.37. The van der Waals surface area contributed by atoms with Crippen LogP contribution in [0.15, 0.2) is 48.5 Å². The van der Waals surface area contributed by atoms with Gasteiger partial charge in [0.25, 0.3) is 5.91 Å². The van der Waals surface area contributed by atoms with Crippen LogP contribution < -0.4 is 10.1 Å². The van der Waals surface area contributed by atoms with Gasteiger partial charge in [0.05, 0.1) is 0 Å². The van der Waals surface area contributed by atoms with E-state index in [2.05, 4.69) is 5.32 Å². The molecule has 0 aliphatic carbocycles. The highest BCUT2D eigenvalue weighted by Gasteiger charge is 2.14. The van der Waals surface area contributed by atoms with E-state index in [9.17, 15) is 13.6 Å². The van der Waals surface area contributed by atoms with Gasteiger partial charge in [-0.2, -0.15) is 0 Å². The van der Waals surface area contributed by atoms with Crippen molar-refractivity contribution in [3.8, 4) is 5.75 Å². The molecule has 2 aromatic rings. The van der Waals surface area contributed by atoms with Crippen molar-refractivity contribution in [1.82, 2.24) is 5.32 Å². The lowest BCUT2D eigenvalue weighted by molar-refractivity contribution is -0.127. The highest BCUT2D eigenvalue weighted by molar-refractivity contribution is 5.80. The molecule has 1 amide bonds. The summed E-state index contributed by atoms with van der Waals surface area (Å²) in [4.78, 5) is 11.9. The minimum Gasteiger partial charge on any atom is -0.481 e. The third-order valence-corrected chi connectivity index (χ3v) is 3.15. The van der Waals surface area contributed by atoms with E-state index in [4.69, 9.17) is 4.74 Å². The minimum atomic E-state index is -0.717. The monoisotopic (exact) mass is 305 g/mol. The van der Waals surface area contributed by atoms with Crippen LogP contribution in [-0.2, 0) is 11.2 Å². The average Bonchev–Trinajstić information content (AvgIpc) is 2.51. The highest BCUT2D eigenvalue weighted by atomic mass is 19.1. The van der Waals surface area contributed by atoms with Crippen molar-refractivity contribution in [3.63, 3.8) is 0 Å². The molecule has 0 aliphatic rings. The van der Waals surface area contributed by atoms with Crippen LogP contribution in [0.1, 0.15) is 12.5 Å². The second-order valence-electron chi connectivity index (χ2n) is 4.85. The first kappa shape index (κ1) is 15.9. The van der Waals surface area contributed by atoms with E-state index in [0.29, 0.717) is 24.3 Å². The maximum atomic E-state index is 13.4. The van der Waals surface area contributed by atoms with Crippen molar-refractivity contribution in [2.75, 3.05) is 6.54 Å². The summed E-state index contributed by atoms with van der Waals surface area (Å²) in [7, 11) is 0. The number of halogens is 2. The summed E-state index contributed by atoms with van der Waals surface area (Å²) >= 11 is 0. The number of hydrogen-bond donors (Lipinski definition) is 1. The molecule has 0 heterocycles. The van der Waals surface area contributed by atoms with Gasteiger partial charge in [-0.25, -0.2) is 8.78 Å². The van der Waals surface area contributed by atoms with Gasteiger partial charge in [-0.15, -0.1) is 0 Å². The summed E-state index contributed by atoms with van der Waals surface area (Å²) in [5.41, 5.74) is 0.551. The van der Waals surface area contributed by atoms with E-state index >= 15 is 0 Å². The van der Waals surface area contributed by atoms with Crippen LogP contribution in [-0.4, -0.2) is 18.6 Å². The summed E-state index contributed by atoms with van der Waals surface area (Å²) in [6, 6.07) is 11.9. The quantitative estimate of drug-likeness (QED) is 0.890. The molecule has 0 saturated carbocycles. The second-order valence-corrected chi connectivity index (χ2v) is 4.85. The van der Waals surface area contributed by atoms with E-state index < -0.39 is 6.10 Å². The number of ether oxygens (including phenoxy) is 1. The molecule has 2 rings (SSSR count). The average molecular weight is 305 g/mol. The third kappa shape index (κ3) is 4.55. The molecule has 1 atom stereocenters. The molecule has 1 N–H and O–H groups in total. The Kier molecular flexibility index (Phi) is 5.47. The van der Waals surface area contributed by atoms with E-state index in [-0.39, 0.29) is 17.5 Å². The first-order valence-electron chi connectivity index (χ1n) is 6.99. The van der Waals surface area contributed by atoms with Crippen LogP contribution >= 0.6 is 0 Å². The van der Waals surface area contributed by atoms with Crippen molar-refractivity contribution < 1.29 is 18.3 Å². The van der Waals surface area contributed by atoms with Crippen LogP contribution in [0.3, 0.4) is 0 Å². The molecule has 1 unspecified atom stereocenters. The van der Waals surface area contributed by atoms with Gasteiger partial charge in [0.2, 0.25) is 0 Å². The summed E-state index contributed by atoms with van der Waals surface area (Å²) in [6.07, 6.45) is -0.312. The molecule has 0 saturated heterocycles. The van der Waals surface area contributed by atoms with Crippen molar-refractivity contribution >= 4 is 5.91 Å². The van der Waals surface area contributed by atoms with E-state index in [0.717, 1.165) is 0 Å². The van der Waals surface area contributed by atoms with Crippen LogP contribution in [0.4, 0.5) is 8.78 Å². The first-order chi connectivity index (χ1) is 10.6. The lowest BCUT2D eigenvalue weighted by atomic mass is 10.1. The Bertz CT molecular complexity index is 629. The molecule has 5 heteroatoms. The van der Waals surface area contributed by atoms with Crippen molar-refractivity contribution in [3.05, 3.63) is 65.7 Å². The molecular weight excluding hydrogens is 288 g/mol. The zero-order valence-corrected chi connectivity index (χ0v) is 12.2. The number of carbonyl (C=O) groups excluding carboxylic acids is 1. The predicted octanol–water partition coefficient (Wildman–Crippen LogP) is 3.09. The molecule has 2 aromatic carbocycles. The summed E-state index contributed by atoms with van der Waals surface area (Å²) in [6.45, 7) is 1.92. The van der Waals surface area contributed by atoms with Gasteiger partial charge in [-0.1, -0.05) is 18.2 Å². The molecule has 116 valence electrons. The zero-order chi connectivity index (χ0) is 15.9. The van der Waals surface area contributed by atoms with Crippen molar-refractivity contribution in [2.45, 2.75) is 19.4 Å². The molecule has 0 fully saturated rings. The summed E-state index contributed by atoms with van der Waals surface area (Å²) in [5.74, 6) is -0.541. The SMILES string of the molecule is CC(Oc1ccc(F)cc1)C(=O)NCCc1ccccc1F. The number of rotatable bonds is 6. The van der Waals surface area contributed by atoms with E-state index in [1.54, 1.807) is 25.1 Å². The Morgan fingerprint density at radius 2 is 1.82 bits per heavy atom. The number of amides is 1. The van der Waals surface area contributed by atoms with Crippen molar-refractivity contribution in [1.29, 1.82) is 0 Å². The maximum absolute atomic E-state index is 13.4. The number of hydrogen-bond acceptors (Lipinski definition) is 2. The summed E-state index contributed by atoms with van der Waals surface area (Å²) in [5, 5.41) is 2.69. The van der Waals surface area contributed by atoms with Gasteiger partial charge in [0.1, 0.15) is 17.4 Å². The fourth-order valence-corrected chi connectivity index (χ4v) is 1.94. The van der Waals surface area contributed by atoms with Crippen LogP contribution in [0.5, 0.6) is 5.75 Å². The third-order valence-electron chi connectivity index (χ3n) is 3.15. The largest absolute Gasteiger partial charge is 0.481 e. The minimum absolute atomic E-state index is 0.285. The molecule has 0 radical (unpaired) electrons. The van der Waals surface area contributed by atoms with Gasteiger partial charge in [-0.05, 0) is 49.2 Å². The predicted molar refractivity (Wildman–Crippen MR) is 79.6 cm³/mol. The van der Waals surface area contributed by atoms with Crippen LogP contribution in [0.2, 0.25) is 0 Å². The van der Waals surface area contributed by atoms with Gasteiger partial charge >= 0.3 is 0 Å². The van der Waals surface area contributed by atoms with Gasteiger partial charge in [0.15, 0.2) is 6.10 Å². The number of carbonyl (C=O) groups is 1. The smallest absolute Gasteiger partial charge is 0.260 e. The Hall–Kier alpha value is -2.43. The van der Waals surface area contributed by atoms with Crippen molar-refractivity contribution in [2.24, 2.45) is 0 Å². The van der Waals surface area contributed by atoms with E-state index in [1.165, 1.54) is 30.3 Å². The fourth-order valence-electron chi connectivity index (χ4n) is 1.94. The first-order valence-corrected chi connectivity index (χ1v) is 6.99. The zero-order valence-electron chi connectivity index (χ0n) is 12.2. The molecule has 22 heavy (non-hydrogen) atoms. The Morgan fingerprint density at radius 1 is 1.14 bits per heavy atom. The molecule has 3 nitrogen and oxygen atoms in total. The fraction of sp³-hybridized carbons (Fsp3) is 0.235. The lowest BCUT2D eigenvalue weighted by Gasteiger charge is -2.14. The Morgan fingerprint density at radius 3 is 2.50 bits per heavy atom. The molecule has 0 spiro atoms. The Labute approximate surface area is 127 Å². The second kappa shape index (κ2) is 7.54. The molecular formula is C17H17F2NO2. The molecule has 0 aromatic heterocycles. The standard InChI is InChI=1S/C17H17F2NO2/c1-12(22-15-8-6-14(18)7-9-15)17(21)20-11-10-13-4-2-3-5-16(13)19/h2-9,12H,10-11H2,1H3,(H,20,21). The van der Waals surface area contributed by atoms with Crippen LogP contribution in [0.25, 0.3) is 0 Å². The Balaban J connectivity index is 1.79. The normalized spacial score (nSPS) is 11.8. The van der Waals surface area contributed by atoms with E-state index in [1.807, 2.05) is 0 Å². The number of nitrogens with one attached hydrogen (secondary N) is 1. The number of benzene rings is 2. The molecule has 0 aliphatic heterocycles. The van der Waals surface area contributed by atoms with Gasteiger partial charge in [-0.3, -0.25) is 4.79 Å².